The first-order chi connectivity index (χ1) is 17.6. The van der Waals surface area contributed by atoms with Crippen molar-refractivity contribution in [3.05, 3.63) is 48.0 Å². The van der Waals surface area contributed by atoms with Crippen LogP contribution in [0.3, 0.4) is 0 Å². The molecular formula is C28H39N7O. The maximum Gasteiger partial charge on any atom is 0.223 e. The highest BCUT2D eigenvalue weighted by atomic mass is 16.1. The Labute approximate surface area is 214 Å². The maximum atomic E-state index is 12.9. The van der Waals surface area contributed by atoms with Crippen LogP contribution in [0.1, 0.15) is 57.3 Å². The number of carbonyl (C=O) groups excluding carboxylic acids is 1. The van der Waals surface area contributed by atoms with Gasteiger partial charge in [0.1, 0.15) is 12.2 Å². The van der Waals surface area contributed by atoms with Crippen molar-refractivity contribution in [2.75, 3.05) is 31.1 Å². The molecule has 0 saturated carbocycles. The number of piperidine rings is 1. The van der Waals surface area contributed by atoms with Gasteiger partial charge in [-0.15, -0.1) is 0 Å². The van der Waals surface area contributed by atoms with Crippen molar-refractivity contribution in [3.63, 3.8) is 0 Å². The minimum absolute atomic E-state index is 0.0546. The van der Waals surface area contributed by atoms with Gasteiger partial charge in [-0.3, -0.25) is 9.69 Å². The summed E-state index contributed by atoms with van der Waals surface area (Å²) in [5.41, 5.74) is 3.18. The quantitative estimate of drug-likeness (QED) is 0.519. The molecule has 1 amide bonds. The van der Waals surface area contributed by atoms with Crippen molar-refractivity contribution >= 4 is 22.9 Å². The maximum absolute atomic E-state index is 12.9. The van der Waals surface area contributed by atoms with E-state index in [1.54, 1.807) is 6.33 Å². The van der Waals surface area contributed by atoms with Crippen molar-refractivity contribution in [3.8, 4) is 0 Å². The van der Waals surface area contributed by atoms with E-state index in [9.17, 15) is 4.79 Å². The Kier molecular flexibility index (Phi) is 7.80. The molecule has 0 radical (unpaired) electrons. The lowest BCUT2D eigenvalue weighted by Gasteiger charge is -2.32. The van der Waals surface area contributed by atoms with Gasteiger partial charge in [0, 0.05) is 57.6 Å². The fraction of sp³-hybridized carbons (Fsp3) is 0.571. The number of benzene rings is 1. The molecule has 0 spiro atoms. The van der Waals surface area contributed by atoms with Crippen molar-refractivity contribution in [2.24, 2.45) is 5.92 Å². The first-order valence-electron chi connectivity index (χ1n) is 13.6. The van der Waals surface area contributed by atoms with E-state index in [1.807, 2.05) is 6.07 Å². The number of nitrogens with one attached hydrogen (secondary N) is 1. The Morgan fingerprint density at radius 1 is 1.08 bits per heavy atom. The lowest BCUT2D eigenvalue weighted by molar-refractivity contribution is -0.125. The third-order valence-electron chi connectivity index (χ3n) is 7.70. The Bertz CT molecular complexity index is 1150. The second-order valence-corrected chi connectivity index (χ2v) is 10.5. The number of hydrogen-bond acceptors (Lipinski definition) is 6. The van der Waals surface area contributed by atoms with Gasteiger partial charge in [-0.2, -0.15) is 0 Å². The van der Waals surface area contributed by atoms with Gasteiger partial charge in [0.05, 0.1) is 0 Å². The molecule has 2 aromatic heterocycles. The van der Waals surface area contributed by atoms with Crippen LogP contribution in [-0.4, -0.2) is 62.5 Å². The Morgan fingerprint density at radius 2 is 1.89 bits per heavy atom. The summed E-state index contributed by atoms with van der Waals surface area (Å²) in [6.45, 7) is 9.47. The molecule has 0 bridgehead atoms. The van der Waals surface area contributed by atoms with E-state index in [0.717, 1.165) is 74.8 Å². The molecular weight excluding hydrogens is 450 g/mol. The number of imidazole rings is 1. The molecule has 1 fully saturated rings. The minimum Gasteiger partial charge on any atom is -0.355 e. The standard InChI is InChI=1S/C28H39N7O/c1-21(2)34(19-22-9-5-3-6-10-22)18-14-29-28(36)23-12-16-33(17-13-23)26-25-27(31-20-30-26)35-15-8-4-7-11-24(35)32-25/h3,5-6,9-10,20-21,23H,4,7-8,11-19H2,1-2H3,(H,29,36). The lowest BCUT2D eigenvalue weighted by Crippen LogP contribution is -2.43. The SMILES string of the molecule is CC(C)N(CCNC(=O)C1CCN(c2ncnc3c2nc2n3CCCCC2)CC1)Cc1ccccc1. The van der Waals surface area contributed by atoms with Crippen LogP contribution in [0, 0.1) is 5.92 Å². The molecule has 8 heteroatoms. The average molecular weight is 490 g/mol. The van der Waals surface area contributed by atoms with Crippen LogP contribution in [0.2, 0.25) is 0 Å². The van der Waals surface area contributed by atoms with Gasteiger partial charge in [-0.25, -0.2) is 15.0 Å². The zero-order valence-corrected chi connectivity index (χ0v) is 21.7. The van der Waals surface area contributed by atoms with Gasteiger partial charge in [-0.1, -0.05) is 36.8 Å². The van der Waals surface area contributed by atoms with Crippen LogP contribution in [0.5, 0.6) is 0 Å². The molecule has 1 N–H and O–H groups in total. The van der Waals surface area contributed by atoms with Gasteiger partial charge in [0.25, 0.3) is 0 Å². The van der Waals surface area contributed by atoms with Gasteiger partial charge in [0.15, 0.2) is 17.0 Å². The lowest BCUT2D eigenvalue weighted by atomic mass is 9.96. The number of aryl methyl sites for hydroxylation is 2. The summed E-state index contributed by atoms with van der Waals surface area (Å²) in [5, 5.41) is 3.21. The summed E-state index contributed by atoms with van der Waals surface area (Å²) < 4.78 is 2.28. The molecule has 0 aliphatic carbocycles. The van der Waals surface area contributed by atoms with Crippen LogP contribution < -0.4 is 10.2 Å². The van der Waals surface area contributed by atoms with E-state index in [1.165, 1.54) is 24.8 Å². The number of nitrogens with zero attached hydrogens (tertiary/aromatic N) is 6. The number of anilines is 1. The van der Waals surface area contributed by atoms with E-state index in [-0.39, 0.29) is 11.8 Å². The average Bonchev–Trinajstić information content (AvgIpc) is 3.09. The number of aromatic nitrogens is 4. The molecule has 8 nitrogen and oxygen atoms in total. The smallest absolute Gasteiger partial charge is 0.223 e. The zero-order chi connectivity index (χ0) is 24.9. The topological polar surface area (TPSA) is 79.2 Å². The minimum atomic E-state index is 0.0546. The van der Waals surface area contributed by atoms with E-state index < -0.39 is 0 Å². The van der Waals surface area contributed by atoms with Gasteiger partial charge in [0.2, 0.25) is 5.91 Å². The van der Waals surface area contributed by atoms with Crippen molar-refractivity contribution < 1.29 is 4.79 Å². The van der Waals surface area contributed by atoms with Crippen molar-refractivity contribution in [1.29, 1.82) is 0 Å². The molecule has 4 heterocycles. The zero-order valence-electron chi connectivity index (χ0n) is 21.7. The van der Waals surface area contributed by atoms with E-state index in [0.29, 0.717) is 12.6 Å². The van der Waals surface area contributed by atoms with E-state index in [2.05, 4.69) is 67.8 Å². The normalized spacial score (nSPS) is 16.9. The molecule has 5 rings (SSSR count). The van der Waals surface area contributed by atoms with Gasteiger partial charge < -0.3 is 14.8 Å². The third kappa shape index (κ3) is 5.53. The highest BCUT2D eigenvalue weighted by Crippen LogP contribution is 2.29. The number of carbonyl (C=O) groups is 1. The number of fused-ring (bicyclic) bond motifs is 3. The first kappa shape index (κ1) is 24.7. The van der Waals surface area contributed by atoms with Gasteiger partial charge in [-0.05, 0) is 45.1 Å². The molecule has 0 atom stereocenters. The largest absolute Gasteiger partial charge is 0.355 e. The Morgan fingerprint density at radius 3 is 2.67 bits per heavy atom. The predicted molar refractivity (Wildman–Crippen MR) is 143 cm³/mol. The first-order valence-corrected chi connectivity index (χ1v) is 13.6. The van der Waals surface area contributed by atoms with Gasteiger partial charge >= 0.3 is 0 Å². The molecule has 2 aliphatic rings. The monoisotopic (exact) mass is 489 g/mol. The van der Waals surface area contributed by atoms with Crippen LogP contribution in [0.15, 0.2) is 36.7 Å². The molecule has 192 valence electrons. The fourth-order valence-electron chi connectivity index (χ4n) is 5.52. The highest BCUT2D eigenvalue weighted by molar-refractivity contribution is 5.84. The second kappa shape index (κ2) is 11.4. The Hall–Kier alpha value is -3.00. The molecule has 0 unspecified atom stereocenters. The van der Waals surface area contributed by atoms with Crippen molar-refractivity contribution in [2.45, 2.75) is 71.5 Å². The van der Waals surface area contributed by atoms with Crippen LogP contribution in [0.4, 0.5) is 5.82 Å². The van der Waals surface area contributed by atoms with E-state index >= 15 is 0 Å². The highest BCUT2D eigenvalue weighted by Gasteiger charge is 2.28. The number of hydrogen-bond donors (Lipinski definition) is 1. The number of rotatable bonds is 8. The third-order valence-corrected chi connectivity index (χ3v) is 7.70. The van der Waals surface area contributed by atoms with E-state index in [4.69, 9.17) is 4.98 Å². The predicted octanol–water partition coefficient (Wildman–Crippen LogP) is 3.80. The number of amides is 1. The summed E-state index contributed by atoms with van der Waals surface area (Å²) in [7, 11) is 0. The van der Waals surface area contributed by atoms with Crippen LogP contribution in [-0.2, 0) is 24.3 Å². The van der Waals surface area contributed by atoms with Crippen molar-refractivity contribution in [1.82, 2.24) is 29.7 Å². The Balaban J connectivity index is 1.14. The molecule has 1 saturated heterocycles. The summed E-state index contributed by atoms with van der Waals surface area (Å²) in [4.78, 5) is 31.8. The molecule has 2 aliphatic heterocycles. The summed E-state index contributed by atoms with van der Waals surface area (Å²) in [6.07, 6.45) is 7.98. The molecule has 3 aromatic rings. The fourth-order valence-corrected chi connectivity index (χ4v) is 5.52. The summed E-state index contributed by atoms with van der Waals surface area (Å²) >= 11 is 0. The summed E-state index contributed by atoms with van der Waals surface area (Å²) in [6, 6.07) is 11.0. The van der Waals surface area contributed by atoms with Crippen LogP contribution in [0.25, 0.3) is 11.2 Å². The molecule has 1 aromatic carbocycles. The van der Waals surface area contributed by atoms with Crippen LogP contribution >= 0.6 is 0 Å². The summed E-state index contributed by atoms with van der Waals surface area (Å²) in [5.74, 6) is 2.30. The molecule has 36 heavy (non-hydrogen) atoms. The second-order valence-electron chi connectivity index (χ2n) is 10.5.